The first-order chi connectivity index (χ1) is 17.9. The number of nitrogens with zero attached hydrogens (tertiary/aromatic N) is 2. The smallest absolute Gasteiger partial charge is 0.411 e. The highest BCUT2D eigenvalue weighted by Crippen LogP contribution is 2.32. The Kier molecular flexibility index (Phi) is 11.9. The van der Waals surface area contributed by atoms with Crippen LogP contribution in [-0.2, 0) is 15.8 Å². The van der Waals surface area contributed by atoms with Gasteiger partial charge in [0.15, 0.2) is 0 Å². The van der Waals surface area contributed by atoms with Crippen LogP contribution in [0.1, 0.15) is 62.9 Å². The van der Waals surface area contributed by atoms with Crippen LogP contribution in [0.4, 0.5) is 16.2 Å². The number of amides is 2. The number of carbonyl (C=O) groups excluding carboxylic acids is 2. The molecule has 0 aliphatic carbocycles. The van der Waals surface area contributed by atoms with E-state index in [1.165, 1.54) is 18.2 Å². The second-order valence-corrected chi connectivity index (χ2v) is 12.7. The van der Waals surface area contributed by atoms with Crippen molar-refractivity contribution in [3.8, 4) is 0 Å². The highest BCUT2D eigenvalue weighted by Gasteiger charge is 2.26. The number of nitro groups is 1. The molecule has 0 saturated carbocycles. The van der Waals surface area contributed by atoms with Crippen LogP contribution in [0.15, 0.2) is 48.5 Å². The zero-order valence-corrected chi connectivity index (χ0v) is 24.3. The number of hydrogen-bond donors (Lipinski definition) is 1. The second kappa shape index (κ2) is 14.6. The molecule has 0 spiro atoms. The summed E-state index contributed by atoms with van der Waals surface area (Å²) in [6.45, 7) is 13.7. The van der Waals surface area contributed by atoms with Crippen LogP contribution < -0.4 is 5.32 Å². The Labute approximate surface area is 227 Å². The van der Waals surface area contributed by atoms with Gasteiger partial charge in [-0.3, -0.25) is 19.8 Å². The van der Waals surface area contributed by atoms with Gasteiger partial charge < -0.3 is 14.5 Å². The minimum absolute atomic E-state index is 0.0507. The third-order valence-corrected chi connectivity index (χ3v) is 7.01. The van der Waals surface area contributed by atoms with Crippen LogP contribution in [0, 0.1) is 21.4 Å². The molecule has 38 heavy (non-hydrogen) atoms. The van der Waals surface area contributed by atoms with Gasteiger partial charge in [0.25, 0.3) is 11.6 Å². The molecule has 2 aromatic rings. The van der Waals surface area contributed by atoms with Gasteiger partial charge in [0.1, 0.15) is 19.0 Å². The van der Waals surface area contributed by atoms with E-state index in [0.717, 1.165) is 24.8 Å². The molecule has 10 heteroatoms. The van der Waals surface area contributed by atoms with Crippen molar-refractivity contribution in [1.29, 1.82) is 0 Å². The predicted octanol–water partition coefficient (Wildman–Crippen LogP) is 6.86. The average molecular weight is 543 g/mol. The molecule has 1 unspecified atom stereocenters. The second-order valence-electron chi connectivity index (χ2n) is 10.6. The summed E-state index contributed by atoms with van der Waals surface area (Å²) in [4.78, 5) is 37.8. The van der Waals surface area contributed by atoms with Gasteiger partial charge in [0.05, 0.1) is 4.92 Å². The lowest BCUT2D eigenvalue weighted by atomic mass is 9.76. The van der Waals surface area contributed by atoms with Gasteiger partial charge in [-0.25, -0.2) is 4.79 Å². The van der Waals surface area contributed by atoms with Crippen LogP contribution in [0.2, 0.25) is 13.1 Å². The molecule has 0 aromatic heterocycles. The van der Waals surface area contributed by atoms with E-state index in [2.05, 4.69) is 33.0 Å². The molecule has 0 aliphatic rings. The van der Waals surface area contributed by atoms with Crippen molar-refractivity contribution in [2.45, 2.75) is 66.7 Å². The van der Waals surface area contributed by atoms with Gasteiger partial charge in [-0.1, -0.05) is 64.8 Å². The number of ether oxygens (including phenoxy) is 1. The van der Waals surface area contributed by atoms with Gasteiger partial charge in [-0.15, -0.1) is 0 Å². The molecule has 0 fully saturated rings. The lowest BCUT2D eigenvalue weighted by Gasteiger charge is -2.33. The van der Waals surface area contributed by atoms with Crippen LogP contribution in [0.25, 0.3) is 0 Å². The summed E-state index contributed by atoms with van der Waals surface area (Å²) in [5, 5.41) is 13.8. The van der Waals surface area contributed by atoms with E-state index in [4.69, 9.17) is 9.16 Å². The number of anilines is 1. The third kappa shape index (κ3) is 9.90. The molecular formula is C28H40N3O6Si. The Bertz CT molecular complexity index is 1070. The van der Waals surface area contributed by atoms with Gasteiger partial charge in [0.2, 0.25) is 9.04 Å². The molecule has 1 N–H and O–H groups in total. The minimum Gasteiger partial charge on any atom is -0.444 e. The van der Waals surface area contributed by atoms with Gasteiger partial charge in [0, 0.05) is 18.2 Å². The van der Waals surface area contributed by atoms with E-state index in [1.54, 1.807) is 35.2 Å². The maximum atomic E-state index is 12.9. The Balaban J connectivity index is 1.99. The molecule has 207 valence electrons. The van der Waals surface area contributed by atoms with Crippen molar-refractivity contribution in [3.05, 3.63) is 69.8 Å². The standard InChI is InChI=1S/C28H40N3O6Si/c1-7-10-23(28(2,3)4)17-18-30(20-37-38(5)6)27(33)36-19-21-13-15-22(16-14-21)26(32)29-24-11-8-9-12-25(24)31(34)35/h8-9,11-16,23H,7,10,17-20H2,1-6H3,(H,29,32). The first-order valence-electron chi connectivity index (χ1n) is 12.9. The Hall–Kier alpha value is -3.24. The molecule has 2 rings (SSSR count). The van der Waals surface area contributed by atoms with E-state index in [0.29, 0.717) is 18.0 Å². The highest BCUT2D eigenvalue weighted by molar-refractivity contribution is 6.48. The fourth-order valence-electron chi connectivity index (χ4n) is 4.01. The van der Waals surface area contributed by atoms with E-state index >= 15 is 0 Å². The SMILES string of the molecule is CCCC(CCN(CO[Si](C)C)C(=O)OCc1ccc(C(=O)Nc2ccccc2[N+](=O)[O-])cc1)C(C)(C)C. The molecule has 2 aromatic carbocycles. The Morgan fingerprint density at radius 2 is 1.74 bits per heavy atom. The van der Waals surface area contributed by atoms with Crippen molar-refractivity contribution in [2.24, 2.45) is 11.3 Å². The topological polar surface area (TPSA) is 111 Å². The van der Waals surface area contributed by atoms with Gasteiger partial charge in [-0.05, 0) is 54.6 Å². The summed E-state index contributed by atoms with van der Waals surface area (Å²) in [6, 6.07) is 12.5. The zero-order valence-electron chi connectivity index (χ0n) is 23.3. The number of nitrogens with one attached hydrogen (secondary N) is 1. The fourth-order valence-corrected chi connectivity index (χ4v) is 4.42. The quantitative estimate of drug-likeness (QED) is 0.128. The van der Waals surface area contributed by atoms with Crippen molar-refractivity contribution in [1.82, 2.24) is 4.90 Å². The lowest BCUT2D eigenvalue weighted by molar-refractivity contribution is -0.383. The summed E-state index contributed by atoms with van der Waals surface area (Å²) in [6.07, 6.45) is 2.63. The summed E-state index contributed by atoms with van der Waals surface area (Å²) in [7, 11) is -0.972. The molecule has 1 radical (unpaired) electrons. The number of nitro benzene ring substituents is 1. The van der Waals surface area contributed by atoms with E-state index < -0.39 is 26.0 Å². The summed E-state index contributed by atoms with van der Waals surface area (Å²) >= 11 is 0. The summed E-state index contributed by atoms with van der Waals surface area (Å²) < 4.78 is 11.4. The largest absolute Gasteiger partial charge is 0.444 e. The molecule has 1 atom stereocenters. The van der Waals surface area contributed by atoms with Crippen LogP contribution in [-0.4, -0.2) is 44.1 Å². The predicted molar refractivity (Wildman–Crippen MR) is 150 cm³/mol. The highest BCUT2D eigenvalue weighted by atomic mass is 28.3. The number of rotatable bonds is 13. The maximum Gasteiger partial charge on any atom is 0.411 e. The van der Waals surface area contributed by atoms with Crippen molar-refractivity contribution >= 4 is 32.4 Å². The molecule has 0 bridgehead atoms. The van der Waals surface area contributed by atoms with Crippen LogP contribution in [0.5, 0.6) is 0 Å². The normalized spacial score (nSPS) is 12.2. The molecular weight excluding hydrogens is 502 g/mol. The Morgan fingerprint density at radius 3 is 2.32 bits per heavy atom. The maximum absolute atomic E-state index is 12.9. The monoisotopic (exact) mass is 542 g/mol. The van der Waals surface area contributed by atoms with E-state index in [-0.39, 0.29) is 30.1 Å². The fraction of sp³-hybridized carbons (Fsp3) is 0.500. The molecule has 0 heterocycles. The number of para-hydroxylation sites is 2. The number of carbonyl (C=O) groups is 2. The van der Waals surface area contributed by atoms with Crippen molar-refractivity contribution in [3.63, 3.8) is 0 Å². The third-order valence-electron chi connectivity index (χ3n) is 6.30. The average Bonchev–Trinajstić information content (AvgIpc) is 2.86. The molecule has 0 saturated heterocycles. The zero-order chi connectivity index (χ0) is 28.3. The van der Waals surface area contributed by atoms with Crippen LogP contribution >= 0.6 is 0 Å². The van der Waals surface area contributed by atoms with Gasteiger partial charge in [-0.2, -0.15) is 0 Å². The molecule has 2 amide bonds. The van der Waals surface area contributed by atoms with Crippen molar-refractivity contribution in [2.75, 3.05) is 18.6 Å². The Morgan fingerprint density at radius 1 is 1.08 bits per heavy atom. The molecule has 9 nitrogen and oxygen atoms in total. The van der Waals surface area contributed by atoms with Crippen LogP contribution in [0.3, 0.4) is 0 Å². The minimum atomic E-state index is -0.972. The van der Waals surface area contributed by atoms with Gasteiger partial charge >= 0.3 is 6.09 Å². The number of benzene rings is 2. The summed E-state index contributed by atoms with van der Waals surface area (Å²) in [5.74, 6) is 0.00947. The lowest BCUT2D eigenvalue weighted by Crippen LogP contribution is -2.38. The first kappa shape index (κ1) is 31.0. The number of hydrogen-bond acceptors (Lipinski definition) is 6. The first-order valence-corrected chi connectivity index (χ1v) is 15.3. The summed E-state index contributed by atoms with van der Waals surface area (Å²) in [5.41, 5.74) is 1.14. The molecule has 0 aliphatic heterocycles. The van der Waals surface area contributed by atoms with Crippen molar-refractivity contribution < 1.29 is 23.7 Å². The van der Waals surface area contributed by atoms with E-state index in [9.17, 15) is 19.7 Å². The van der Waals surface area contributed by atoms with E-state index in [1.807, 2.05) is 13.1 Å².